The van der Waals surface area contributed by atoms with Gasteiger partial charge in [0.15, 0.2) is 0 Å². The topological polar surface area (TPSA) is 98.3 Å². The molecule has 0 saturated heterocycles. The van der Waals surface area contributed by atoms with Crippen molar-refractivity contribution in [3.63, 3.8) is 0 Å². The van der Waals surface area contributed by atoms with Gasteiger partial charge in [0.25, 0.3) is 11.4 Å². The molecule has 0 saturated carbocycles. The minimum absolute atomic E-state index is 0.147. The first kappa shape index (κ1) is 10.5. The number of nitro benzene ring substituents is 2. The first-order valence-electron chi connectivity index (χ1n) is 4.75. The van der Waals surface area contributed by atoms with Crippen LogP contribution in [-0.4, -0.2) is 16.4 Å². The molecule has 1 N–H and O–H groups in total. The van der Waals surface area contributed by atoms with Gasteiger partial charge in [0, 0.05) is 18.2 Å². The molecule has 0 amide bonds. The third-order valence-corrected chi connectivity index (χ3v) is 2.58. The second-order valence-electron chi connectivity index (χ2n) is 3.54. The molecule has 84 valence electrons. The number of non-ortho nitro benzene ring substituents is 1. The van der Waals surface area contributed by atoms with Crippen LogP contribution in [0, 0.1) is 20.2 Å². The fraction of sp³-hybridized carbons (Fsp3) is 0.333. The minimum Gasteiger partial charge on any atom is -0.312 e. The molecule has 16 heavy (non-hydrogen) atoms. The summed E-state index contributed by atoms with van der Waals surface area (Å²) in [5, 5.41) is 24.5. The fourth-order valence-corrected chi connectivity index (χ4v) is 1.85. The quantitative estimate of drug-likeness (QED) is 0.598. The smallest absolute Gasteiger partial charge is 0.279 e. The molecule has 0 aromatic heterocycles. The number of hydrogen-bond acceptors (Lipinski definition) is 5. The average Bonchev–Trinajstić information content (AvgIpc) is 2.27. The molecule has 7 heteroatoms. The monoisotopic (exact) mass is 223 g/mol. The van der Waals surface area contributed by atoms with Crippen LogP contribution in [0.25, 0.3) is 0 Å². The maximum absolute atomic E-state index is 10.8. The molecule has 1 heterocycles. The van der Waals surface area contributed by atoms with Gasteiger partial charge < -0.3 is 5.32 Å². The maximum atomic E-state index is 10.8. The predicted molar refractivity (Wildman–Crippen MR) is 55.2 cm³/mol. The Labute approximate surface area is 90.4 Å². The Morgan fingerprint density at radius 1 is 1.19 bits per heavy atom. The van der Waals surface area contributed by atoms with Crippen molar-refractivity contribution in [2.24, 2.45) is 0 Å². The third-order valence-electron chi connectivity index (χ3n) is 2.58. The number of rotatable bonds is 2. The van der Waals surface area contributed by atoms with Crippen molar-refractivity contribution < 1.29 is 9.85 Å². The van der Waals surface area contributed by atoms with Crippen molar-refractivity contribution in [2.75, 3.05) is 6.54 Å². The summed E-state index contributed by atoms with van der Waals surface area (Å²) >= 11 is 0. The maximum Gasteiger partial charge on any atom is 0.279 e. The molecule has 2 rings (SSSR count). The van der Waals surface area contributed by atoms with Gasteiger partial charge in [-0.1, -0.05) is 0 Å². The number of nitro groups is 2. The van der Waals surface area contributed by atoms with Crippen molar-refractivity contribution in [3.05, 3.63) is 43.5 Å². The Bertz CT molecular complexity index is 472. The van der Waals surface area contributed by atoms with Crippen LogP contribution in [0.4, 0.5) is 11.4 Å². The second-order valence-corrected chi connectivity index (χ2v) is 3.54. The van der Waals surface area contributed by atoms with Crippen LogP contribution in [0.1, 0.15) is 11.1 Å². The van der Waals surface area contributed by atoms with Crippen molar-refractivity contribution >= 4 is 11.4 Å². The average molecular weight is 223 g/mol. The largest absolute Gasteiger partial charge is 0.312 e. The number of benzene rings is 1. The van der Waals surface area contributed by atoms with E-state index in [-0.39, 0.29) is 11.4 Å². The lowest BCUT2D eigenvalue weighted by atomic mass is 9.98. The van der Waals surface area contributed by atoms with Crippen molar-refractivity contribution in [1.29, 1.82) is 0 Å². The standard InChI is InChI=1S/C9H9N3O4/c13-11(14)7-3-6-5-10-2-1-8(6)9(4-7)12(15)16/h3-4,10H,1-2,5H2. The zero-order valence-electron chi connectivity index (χ0n) is 8.30. The van der Waals surface area contributed by atoms with E-state index >= 15 is 0 Å². The number of fused-ring (bicyclic) bond motifs is 1. The molecule has 0 fully saturated rings. The number of nitrogens with zero attached hydrogens (tertiary/aromatic N) is 2. The van der Waals surface area contributed by atoms with Gasteiger partial charge in [0.05, 0.1) is 15.9 Å². The summed E-state index contributed by atoms with van der Waals surface area (Å²) in [5.41, 5.74) is 0.876. The van der Waals surface area contributed by atoms with E-state index in [2.05, 4.69) is 5.32 Å². The van der Waals surface area contributed by atoms with Crippen LogP contribution in [0.15, 0.2) is 12.1 Å². The molecule has 7 nitrogen and oxygen atoms in total. The van der Waals surface area contributed by atoms with Gasteiger partial charge in [0.2, 0.25) is 0 Å². The molecule has 0 atom stereocenters. The van der Waals surface area contributed by atoms with Crippen LogP contribution in [0.2, 0.25) is 0 Å². The summed E-state index contributed by atoms with van der Waals surface area (Å²) < 4.78 is 0. The van der Waals surface area contributed by atoms with Crippen LogP contribution in [0.3, 0.4) is 0 Å². The predicted octanol–water partition coefficient (Wildman–Crippen LogP) is 1.15. The van der Waals surface area contributed by atoms with Crippen molar-refractivity contribution in [2.45, 2.75) is 13.0 Å². The van der Waals surface area contributed by atoms with E-state index in [9.17, 15) is 20.2 Å². The van der Waals surface area contributed by atoms with Gasteiger partial charge >= 0.3 is 0 Å². The lowest BCUT2D eigenvalue weighted by molar-refractivity contribution is -0.394. The van der Waals surface area contributed by atoms with Gasteiger partial charge in [-0.15, -0.1) is 0 Å². The highest BCUT2D eigenvalue weighted by atomic mass is 16.6. The van der Waals surface area contributed by atoms with E-state index in [0.29, 0.717) is 30.6 Å². The Balaban J connectivity index is 2.61. The SMILES string of the molecule is O=[N+]([O-])c1cc2c(c([N+](=O)[O-])c1)CCNC2. The zero-order chi connectivity index (χ0) is 11.7. The van der Waals surface area contributed by atoms with Crippen LogP contribution < -0.4 is 5.32 Å². The molecule has 0 radical (unpaired) electrons. The summed E-state index contributed by atoms with van der Waals surface area (Å²) in [6.45, 7) is 1.10. The fourth-order valence-electron chi connectivity index (χ4n) is 1.85. The molecular formula is C9H9N3O4. The first-order chi connectivity index (χ1) is 7.59. The molecule has 0 aliphatic carbocycles. The van der Waals surface area contributed by atoms with Gasteiger partial charge in [-0.3, -0.25) is 20.2 Å². The molecule has 1 aromatic carbocycles. The van der Waals surface area contributed by atoms with E-state index in [1.807, 2.05) is 0 Å². The highest BCUT2D eigenvalue weighted by molar-refractivity contribution is 5.54. The van der Waals surface area contributed by atoms with Gasteiger partial charge in [-0.2, -0.15) is 0 Å². The normalized spacial score (nSPS) is 14.2. The Morgan fingerprint density at radius 3 is 2.56 bits per heavy atom. The van der Waals surface area contributed by atoms with Crippen LogP contribution in [0.5, 0.6) is 0 Å². The van der Waals surface area contributed by atoms with Gasteiger partial charge in [-0.05, 0) is 18.5 Å². The molecule has 1 aliphatic heterocycles. The van der Waals surface area contributed by atoms with E-state index in [1.54, 1.807) is 0 Å². The summed E-state index contributed by atoms with van der Waals surface area (Å²) in [5.74, 6) is 0. The van der Waals surface area contributed by atoms with E-state index in [1.165, 1.54) is 6.07 Å². The number of nitrogens with one attached hydrogen (secondary N) is 1. The summed E-state index contributed by atoms with van der Waals surface area (Å²) in [6, 6.07) is 2.43. The Hall–Kier alpha value is -2.02. The van der Waals surface area contributed by atoms with Gasteiger partial charge in [0.1, 0.15) is 0 Å². The first-order valence-corrected chi connectivity index (χ1v) is 4.75. The summed E-state index contributed by atoms with van der Waals surface area (Å²) in [6.07, 6.45) is 0.531. The summed E-state index contributed by atoms with van der Waals surface area (Å²) in [7, 11) is 0. The molecule has 0 unspecified atom stereocenters. The van der Waals surface area contributed by atoms with Crippen LogP contribution in [-0.2, 0) is 13.0 Å². The van der Waals surface area contributed by atoms with E-state index < -0.39 is 9.85 Å². The second kappa shape index (κ2) is 3.86. The molecule has 0 spiro atoms. The molecule has 1 aliphatic rings. The Kier molecular flexibility index (Phi) is 2.53. The Morgan fingerprint density at radius 2 is 1.94 bits per heavy atom. The van der Waals surface area contributed by atoms with E-state index in [4.69, 9.17) is 0 Å². The highest BCUT2D eigenvalue weighted by Crippen LogP contribution is 2.30. The molecule has 0 bridgehead atoms. The molecular weight excluding hydrogens is 214 g/mol. The zero-order valence-corrected chi connectivity index (χ0v) is 8.30. The van der Waals surface area contributed by atoms with E-state index in [0.717, 1.165) is 6.07 Å². The number of hydrogen-bond donors (Lipinski definition) is 1. The lowest BCUT2D eigenvalue weighted by Gasteiger charge is -2.16. The molecule has 1 aromatic rings. The van der Waals surface area contributed by atoms with Crippen molar-refractivity contribution in [1.82, 2.24) is 5.32 Å². The lowest BCUT2D eigenvalue weighted by Crippen LogP contribution is -2.24. The third kappa shape index (κ3) is 1.72. The minimum atomic E-state index is -0.609. The van der Waals surface area contributed by atoms with Crippen molar-refractivity contribution in [3.8, 4) is 0 Å². The summed E-state index contributed by atoms with van der Waals surface area (Å²) in [4.78, 5) is 20.3. The van der Waals surface area contributed by atoms with Gasteiger partial charge in [-0.25, -0.2) is 0 Å². The highest BCUT2D eigenvalue weighted by Gasteiger charge is 2.25. The van der Waals surface area contributed by atoms with Crippen LogP contribution >= 0.6 is 0 Å².